The van der Waals surface area contributed by atoms with E-state index in [9.17, 15) is 0 Å². The summed E-state index contributed by atoms with van der Waals surface area (Å²) in [5.74, 6) is 3.92. The second-order valence-electron chi connectivity index (χ2n) is 17.3. The van der Waals surface area contributed by atoms with Crippen LogP contribution in [0, 0.1) is 11.5 Å². The summed E-state index contributed by atoms with van der Waals surface area (Å²) in [4.78, 5) is 0. The molecule has 0 aliphatic carbocycles. The van der Waals surface area contributed by atoms with Crippen LogP contribution in [0.15, 0.2) is 158 Å². The lowest BCUT2D eigenvalue weighted by atomic mass is 9.87. The van der Waals surface area contributed by atoms with Crippen LogP contribution in [0.25, 0.3) is 10.8 Å². The van der Waals surface area contributed by atoms with Gasteiger partial charge in [0.1, 0.15) is 38.6 Å². The highest BCUT2D eigenvalue weighted by Crippen LogP contribution is 2.43. The molecule has 1 heterocycles. The van der Waals surface area contributed by atoms with Gasteiger partial charge in [0.2, 0.25) is 0 Å². The third-order valence-electron chi connectivity index (χ3n) is 12.4. The van der Waals surface area contributed by atoms with E-state index in [0.29, 0.717) is 49.7 Å². The average molecular weight is 831 g/mol. The summed E-state index contributed by atoms with van der Waals surface area (Å²) in [5, 5.41) is 2.25. The topological polar surface area (TPSA) is 46.2 Å². The molecular formula is C55H62O5Si. The number of benzene rings is 6. The first-order valence-corrected chi connectivity index (χ1v) is 24.3. The van der Waals surface area contributed by atoms with Crippen molar-refractivity contribution >= 4 is 18.8 Å². The van der Waals surface area contributed by atoms with Crippen LogP contribution in [-0.2, 0) is 50.1 Å². The second kappa shape index (κ2) is 21.3. The molecule has 0 spiro atoms. The standard InChI is InChI=1S/C55H62O5Si/c1-40(2)61(41(3)4,42(5)6)34-33-49-48-30-20-19-29-47(48)31-32-50(49)52-54(58-37-45-25-15-9-16-26-45)55(59-38-46-27-17-10-18-28-46)53(57-36-44-23-13-8-14-24-44)51(60-52)39-56-35-43-21-11-7-12-22-43/h7-32,40-42,51-55H,35-39H2,1-6H3/t51-,52-,53-,54-,55+/m1/s1. The van der Waals surface area contributed by atoms with Crippen molar-refractivity contribution in [2.75, 3.05) is 6.61 Å². The number of rotatable bonds is 17. The fourth-order valence-corrected chi connectivity index (χ4v) is 14.5. The molecule has 0 saturated carbocycles. The van der Waals surface area contributed by atoms with E-state index in [0.717, 1.165) is 44.2 Å². The minimum Gasteiger partial charge on any atom is -0.374 e. The Kier molecular flexibility index (Phi) is 15.4. The Morgan fingerprint density at radius 1 is 0.492 bits per heavy atom. The molecule has 1 aliphatic rings. The van der Waals surface area contributed by atoms with Crippen LogP contribution in [0.5, 0.6) is 0 Å². The third kappa shape index (κ3) is 10.8. The van der Waals surface area contributed by atoms with Crippen molar-refractivity contribution in [3.63, 3.8) is 0 Å². The Balaban J connectivity index is 1.38. The first-order chi connectivity index (χ1) is 29.7. The first-order valence-electron chi connectivity index (χ1n) is 22.0. The van der Waals surface area contributed by atoms with Crippen molar-refractivity contribution in [2.24, 2.45) is 0 Å². The molecule has 0 radical (unpaired) electrons. The highest BCUT2D eigenvalue weighted by Gasteiger charge is 2.50. The van der Waals surface area contributed by atoms with Crippen LogP contribution >= 0.6 is 0 Å². The van der Waals surface area contributed by atoms with Gasteiger partial charge in [-0.2, -0.15) is 0 Å². The Morgan fingerprint density at radius 3 is 1.44 bits per heavy atom. The molecule has 0 bridgehead atoms. The van der Waals surface area contributed by atoms with Gasteiger partial charge < -0.3 is 23.7 Å². The molecule has 61 heavy (non-hydrogen) atoms. The molecule has 6 aromatic carbocycles. The van der Waals surface area contributed by atoms with Crippen molar-refractivity contribution < 1.29 is 23.7 Å². The molecule has 6 heteroatoms. The molecule has 5 nitrogen and oxygen atoms in total. The Bertz CT molecular complexity index is 2280. The van der Waals surface area contributed by atoms with Crippen LogP contribution in [0.1, 0.15) is 81.0 Å². The van der Waals surface area contributed by atoms with Gasteiger partial charge in [0.05, 0.1) is 33.0 Å². The van der Waals surface area contributed by atoms with Crippen molar-refractivity contribution in [1.82, 2.24) is 0 Å². The van der Waals surface area contributed by atoms with Crippen LogP contribution in [0.4, 0.5) is 0 Å². The van der Waals surface area contributed by atoms with Crippen molar-refractivity contribution in [1.29, 1.82) is 0 Å². The first kappa shape index (κ1) is 44.2. The predicted octanol–water partition coefficient (Wildman–Crippen LogP) is 12.8. The third-order valence-corrected chi connectivity index (χ3v) is 18.7. The summed E-state index contributed by atoms with van der Waals surface area (Å²) in [6.45, 7) is 16.1. The van der Waals surface area contributed by atoms with Crippen LogP contribution in [0.3, 0.4) is 0 Å². The zero-order chi connectivity index (χ0) is 42.6. The number of ether oxygens (including phenoxy) is 5. The van der Waals surface area contributed by atoms with Gasteiger partial charge in [-0.15, -0.1) is 5.54 Å². The van der Waals surface area contributed by atoms with E-state index in [1.165, 1.54) is 0 Å². The molecule has 1 aliphatic heterocycles. The van der Waals surface area contributed by atoms with Gasteiger partial charge in [-0.3, -0.25) is 0 Å². The Morgan fingerprint density at radius 2 is 0.934 bits per heavy atom. The zero-order valence-corrected chi connectivity index (χ0v) is 37.7. The lowest BCUT2D eigenvalue weighted by Crippen LogP contribution is -2.58. The maximum absolute atomic E-state index is 7.45. The molecule has 7 rings (SSSR count). The molecule has 6 aromatic rings. The van der Waals surface area contributed by atoms with Gasteiger partial charge in [0, 0.05) is 5.56 Å². The normalized spacial score (nSPS) is 19.3. The summed E-state index contributed by atoms with van der Waals surface area (Å²) >= 11 is 0. The zero-order valence-electron chi connectivity index (χ0n) is 36.7. The summed E-state index contributed by atoms with van der Waals surface area (Å²) in [5.41, 5.74) is 11.8. The SMILES string of the molecule is CC(C)[Si](C#Cc1c([C@H]2O[C@H](COCc3ccccc3)[C@@H](OCc3ccccc3)[C@H](OCc3ccccc3)[C@@H]2OCc2ccccc2)ccc2ccccc12)(C(C)C)C(C)C. The maximum atomic E-state index is 7.45. The summed E-state index contributed by atoms with van der Waals surface area (Å²) in [6.07, 6.45) is -2.71. The van der Waals surface area contributed by atoms with E-state index < -0.39 is 38.6 Å². The fourth-order valence-electron chi connectivity index (χ4n) is 9.31. The Labute approximate surface area is 365 Å². The van der Waals surface area contributed by atoms with Crippen molar-refractivity contribution in [3.8, 4) is 11.5 Å². The molecule has 0 aromatic heterocycles. The van der Waals surface area contributed by atoms with Crippen LogP contribution in [-0.4, -0.2) is 39.1 Å². The maximum Gasteiger partial charge on any atom is 0.146 e. The van der Waals surface area contributed by atoms with E-state index in [1.807, 2.05) is 72.8 Å². The van der Waals surface area contributed by atoms with Crippen LogP contribution in [0.2, 0.25) is 16.6 Å². The number of fused-ring (bicyclic) bond motifs is 1. The van der Waals surface area contributed by atoms with E-state index >= 15 is 0 Å². The van der Waals surface area contributed by atoms with E-state index in [2.05, 4.69) is 138 Å². The molecule has 0 N–H and O–H groups in total. The molecule has 1 saturated heterocycles. The highest BCUT2D eigenvalue weighted by atomic mass is 28.3. The van der Waals surface area contributed by atoms with Crippen molar-refractivity contribution in [3.05, 3.63) is 191 Å². The largest absolute Gasteiger partial charge is 0.374 e. The number of hydrogen-bond donors (Lipinski definition) is 0. The highest BCUT2D eigenvalue weighted by molar-refractivity contribution is 6.90. The lowest BCUT2D eigenvalue weighted by molar-refractivity contribution is -0.275. The van der Waals surface area contributed by atoms with Gasteiger partial charge in [0.15, 0.2) is 0 Å². The second-order valence-corrected chi connectivity index (χ2v) is 22.9. The molecule has 1 fully saturated rings. The van der Waals surface area contributed by atoms with Crippen molar-refractivity contribution in [2.45, 2.75) is 115 Å². The summed E-state index contributed by atoms with van der Waals surface area (Å²) in [7, 11) is -2.13. The summed E-state index contributed by atoms with van der Waals surface area (Å²) in [6, 6.07) is 54.2. The predicted molar refractivity (Wildman–Crippen MR) is 251 cm³/mol. The van der Waals surface area contributed by atoms with E-state index in [-0.39, 0.29) is 0 Å². The Hall–Kier alpha value is -4.84. The summed E-state index contributed by atoms with van der Waals surface area (Å²) < 4.78 is 35.3. The lowest BCUT2D eigenvalue weighted by Gasteiger charge is -2.46. The molecule has 0 unspecified atom stereocenters. The molecule has 5 atom stereocenters. The molecule has 0 amide bonds. The quantitative estimate of drug-likeness (QED) is 0.0677. The van der Waals surface area contributed by atoms with E-state index in [1.54, 1.807) is 0 Å². The van der Waals surface area contributed by atoms with Gasteiger partial charge in [-0.1, -0.05) is 205 Å². The minimum absolute atomic E-state index is 0.292. The molecule has 316 valence electrons. The van der Waals surface area contributed by atoms with Crippen LogP contribution < -0.4 is 0 Å². The number of hydrogen-bond acceptors (Lipinski definition) is 5. The fraction of sp³-hybridized carbons (Fsp3) is 0.345. The van der Waals surface area contributed by atoms with E-state index in [4.69, 9.17) is 23.7 Å². The molecular weight excluding hydrogens is 769 g/mol. The minimum atomic E-state index is -2.13. The monoisotopic (exact) mass is 830 g/mol. The average Bonchev–Trinajstić information content (AvgIpc) is 3.28. The van der Waals surface area contributed by atoms with Gasteiger partial charge in [0.25, 0.3) is 0 Å². The smallest absolute Gasteiger partial charge is 0.146 e. The van der Waals surface area contributed by atoms with Gasteiger partial charge in [-0.05, 0) is 55.2 Å². The van der Waals surface area contributed by atoms with Gasteiger partial charge >= 0.3 is 0 Å². The van der Waals surface area contributed by atoms with Gasteiger partial charge in [-0.25, -0.2) is 0 Å².